The summed E-state index contributed by atoms with van der Waals surface area (Å²) in [6.07, 6.45) is 7.21. The Morgan fingerprint density at radius 2 is 0.538 bits per heavy atom. The Hall–Kier alpha value is -10.5. The van der Waals surface area contributed by atoms with E-state index < -0.39 is 10.8 Å². The van der Waals surface area contributed by atoms with Gasteiger partial charge in [-0.25, -0.2) is 0 Å². The SMILES string of the molecule is CC(C)(C)c1cc(C#Cc2cc3ccc2CCc2ccc(cc2)CC3)c2c(c1)C(C)(C)c1cc(C(C)(C)C)cc(C#Cc3cc4ccc3CCc3ccc(c(C#Cc5cc(C(C)(C)C)cc6c5Oc5c(C#Cc7ccc8ccc9cccc%10ccc7c8c9%10)cc(C(C)(C)C)cc5C6(C)C)c3)CC4)c1O2. The smallest absolute Gasteiger partial charge is 0.147 e. The molecular weight excluding hydrogens is 1260 g/mol. The molecule has 2 heterocycles. The van der Waals surface area contributed by atoms with Crippen molar-refractivity contribution < 1.29 is 9.47 Å². The molecule has 0 atom stereocenters. The van der Waals surface area contributed by atoms with Crippen molar-refractivity contribution in [3.8, 4) is 70.4 Å². The molecule has 0 radical (unpaired) electrons. The molecule has 0 saturated heterocycles. The van der Waals surface area contributed by atoms with Crippen molar-refractivity contribution in [2.24, 2.45) is 0 Å². The Morgan fingerprint density at radius 1 is 0.260 bits per heavy atom. The zero-order chi connectivity index (χ0) is 72.6. The zero-order valence-corrected chi connectivity index (χ0v) is 63.8. The molecule has 12 aromatic carbocycles. The molecule has 0 unspecified atom stereocenters. The Labute approximate surface area is 618 Å². The van der Waals surface area contributed by atoms with Crippen LogP contribution in [-0.2, 0) is 83.9 Å². The lowest BCUT2D eigenvalue weighted by Crippen LogP contribution is -2.28. The summed E-state index contributed by atoms with van der Waals surface area (Å²) >= 11 is 0. The van der Waals surface area contributed by atoms with Gasteiger partial charge in [0.1, 0.15) is 23.0 Å². The van der Waals surface area contributed by atoms with E-state index in [1.807, 2.05) is 0 Å². The van der Waals surface area contributed by atoms with E-state index in [0.29, 0.717) is 0 Å². The second kappa shape index (κ2) is 25.2. The average molecular weight is 1350 g/mol. The lowest BCUT2D eigenvalue weighted by atomic mass is 9.70. The summed E-state index contributed by atoms with van der Waals surface area (Å²) in [7, 11) is 0. The van der Waals surface area contributed by atoms with E-state index in [4.69, 9.17) is 9.47 Å². The highest BCUT2D eigenvalue weighted by Gasteiger charge is 2.41. The maximum absolute atomic E-state index is 7.44. The Morgan fingerprint density at radius 3 is 0.894 bits per heavy atom. The molecular formula is C102H94O2. The summed E-state index contributed by atoms with van der Waals surface area (Å²) in [5, 5.41) is 7.45. The number of hydrogen-bond acceptors (Lipinski definition) is 2. The number of hydrogen-bond donors (Lipinski definition) is 0. The van der Waals surface area contributed by atoms with Crippen molar-refractivity contribution >= 4 is 32.3 Å². The van der Waals surface area contributed by atoms with E-state index >= 15 is 0 Å². The van der Waals surface area contributed by atoms with Crippen LogP contribution in [0.5, 0.6) is 23.0 Å². The van der Waals surface area contributed by atoms with Crippen molar-refractivity contribution in [1.29, 1.82) is 0 Å². The summed E-state index contributed by atoms with van der Waals surface area (Å²) in [6.45, 7) is 37.0. The fourth-order valence-corrected chi connectivity index (χ4v) is 16.1. The molecule has 0 amide bonds. The Bertz CT molecular complexity index is 5820. The number of rotatable bonds is 0. The van der Waals surface area contributed by atoms with Gasteiger partial charge in [0.05, 0.1) is 22.3 Å². The van der Waals surface area contributed by atoms with Gasteiger partial charge in [-0.05, 0) is 221 Å². The largest absolute Gasteiger partial charge is 0.454 e. The molecule has 0 fully saturated rings. The van der Waals surface area contributed by atoms with Gasteiger partial charge in [0.15, 0.2) is 0 Å². The molecule has 2 aliphatic heterocycles. The van der Waals surface area contributed by atoms with Crippen LogP contribution in [0.3, 0.4) is 0 Å². The molecule has 2 heteroatoms. The van der Waals surface area contributed by atoms with E-state index in [9.17, 15) is 0 Å². The molecule has 104 heavy (non-hydrogen) atoms. The van der Waals surface area contributed by atoms with Crippen molar-refractivity contribution in [3.05, 3.63) is 316 Å². The molecule has 0 N–H and O–H groups in total. The molecule has 8 aliphatic carbocycles. The lowest BCUT2D eigenvalue weighted by molar-refractivity contribution is 0.412. The van der Waals surface area contributed by atoms with Crippen LogP contribution in [0.2, 0.25) is 0 Å². The minimum atomic E-state index is -0.441. The van der Waals surface area contributed by atoms with Crippen molar-refractivity contribution in [2.45, 2.75) is 195 Å². The van der Waals surface area contributed by atoms with Crippen LogP contribution in [0.25, 0.3) is 32.3 Å². The summed E-state index contributed by atoms with van der Waals surface area (Å²) in [5.74, 6) is 33.6. The minimum Gasteiger partial charge on any atom is -0.454 e. The van der Waals surface area contributed by atoms with Gasteiger partial charge in [-0.1, -0.05) is 292 Å². The maximum Gasteiger partial charge on any atom is 0.147 e. The summed E-state index contributed by atoms with van der Waals surface area (Å²) in [6, 6.07) is 68.8. The van der Waals surface area contributed by atoms with Gasteiger partial charge in [-0.2, -0.15) is 0 Å². The zero-order valence-electron chi connectivity index (χ0n) is 63.8. The van der Waals surface area contributed by atoms with Crippen LogP contribution in [0.15, 0.2) is 182 Å². The second-order valence-corrected chi connectivity index (χ2v) is 35.3. The molecule has 0 aromatic heterocycles. The molecule has 8 bridgehead atoms. The highest BCUT2D eigenvalue weighted by molar-refractivity contribution is 6.24. The van der Waals surface area contributed by atoms with Gasteiger partial charge in [0.25, 0.3) is 0 Å². The number of benzene rings is 12. The maximum atomic E-state index is 7.44. The fourth-order valence-electron chi connectivity index (χ4n) is 16.1. The third-order valence-electron chi connectivity index (χ3n) is 23.1. The molecule has 0 spiro atoms. The van der Waals surface area contributed by atoms with E-state index in [1.165, 1.54) is 99.1 Å². The Balaban J connectivity index is 0.733. The fraction of sp³-hybridized carbons (Fsp3) is 0.294. The highest BCUT2D eigenvalue weighted by atomic mass is 16.5. The van der Waals surface area contributed by atoms with Crippen LogP contribution in [0, 0.1) is 47.4 Å². The topological polar surface area (TPSA) is 18.5 Å². The third kappa shape index (κ3) is 12.6. The van der Waals surface area contributed by atoms with Crippen LogP contribution < -0.4 is 9.47 Å². The van der Waals surface area contributed by atoms with E-state index in [0.717, 1.165) is 141 Å². The first-order chi connectivity index (χ1) is 49.5. The van der Waals surface area contributed by atoms with Crippen LogP contribution in [0.4, 0.5) is 0 Å². The van der Waals surface area contributed by atoms with Crippen LogP contribution in [-0.4, -0.2) is 0 Å². The van der Waals surface area contributed by atoms with Crippen molar-refractivity contribution in [1.82, 2.24) is 0 Å². The van der Waals surface area contributed by atoms with Gasteiger partial charge in [0, 0.05) is 55.3 Å². The first-order valence-corrected chi connectivity index (χ1v) is 37.8. The lowest BCUT2D eigenvalue weighted by Gasteiger charge is -2.38. The highest BCUT2D eigenvalue weighted by Crippen LogP contribution is 2.55. The molecule has 22 rings (SSSR count). The number of aryl methyl sites for hydroxylation is 8. The first-order valence-electron chi connectivity index (χ1n) is 37.8. The van der Waals surface area contributed by atoms with Gasteiger partial charge in [-0.15, -0.1) is 0 Å². The normalized spacial score (nSPS) is 14.8. The van der Waals surface area contributed by atoms with Crippen LogP contribution >= 0.6 is 0 Å². The predicted octanol–water partition coefficient (Wildman–Crippen LogP) is 24.0. The second-order valence-electron chi connectivity index (χ2n) is 35.3. The standard InChI is InChI=1S/C102H94O2/c1-97(2,3)82-55-78(46-39-71-38-40-74-42-41-72-18-17-19-73-50-51-86(71)92(74)91(72)73)93-87(59-82)101(13,14)88-60-84(99(7,8)9)57-80(94(88)103-93)48-44-76-53-66-28-34-69(76)35-29-67-31-37-70(36-30-66)77(54-67)45-49-81-58-85(100(10,11)12)62-90-96(81)104-95-79(56-83(98(4,5)6)61-89(95)102(90,15)16)47-43-75-52-65-25-24-63-20-22-64(23-21-63)26-32-68(75)33-27-65/h17-23,27-28,31,33-34,37-38,40-42,50-62H,24-26,29-30,32,35-36H2,1-16H3. The Kier molecular flexibility index (Phi) is 16.4. The van der Waals surface area contributed by atoms with Gasteiger partial charge in [-0.3, -0.25) is 0 Å². The third-order valence-corrected chi connectivity index (χ3v) is 23.1. The minimum absolute atomic E-state index is 0.122. The monoisotopic (exact) mass is 1350 g/mol. The van der Waals surface area contributed by atoms with Gasteiger partial charge < -0.3 is 9.47 Å². The quantitative estimate of drug-likeness (QED) is 0.111. The first kappa shape index (κ1) is 68.0. The van der Waals surface area contributed by atoms with Crippen molar-refractivity contribution in [3.63, 3.8) is 0 Å². The van der Waals surface area contributed by atoms with E-state index in [1.54, 1.807) is 0 Å². The van der Waals surface area contributed by atoms with Gasteiger partial charge >= 0.3 is 0 Å². The summed E-state index contributed by atoms with van der Waals surface area (Å²) in [5.41, 5.74) is 26.2. The van der Waals surface area contributed by atoms with Crippen LogP contribution in [0.1, 0.15) is 244 Å². The average Bonchev–Trinajstić information content (AvgIpc) is 0.731. The molecule has 0 saturated carbocycles. The van der Waals surface area contributed by atoms with Gasteiger partial charge in [0.2, 0.25) is 0 Å². The predicted molar refractivity (Wildman–Crippen MR) is 434 cm³/mol. The van der Waals surface area contributed by atoms with Crippen molar-refractivity contribution in [2.75, 3.05) is 0 Å². The van der Waals surface area contributed by atoms with E-state index in [-0.39, 0.29) is 21.7 Å². The molecule has 2 nitrogen and oxygen atoms in total. The molecule has 514 valence electrons. The van der Waals surface area contributed by atoms with E-state index in [2.05, 4.69) is 340 Å². The summed E-state index contributed by atoms with van der Waals surface area (Å²) in [4.78, 5) is 0. The molecule has 12 aromatic rings. The number of fused-ring (bicyclic) bond motifs is 4. The number of ether oxygens (including phenoxy) is 2. The molecule has 10 aliphatic rings. The summed E-state index contributed by atoms with van der Waals surface area (Å²) < 4.78 is 14.9.